The number of fused-ring (bicyclic) bond motifs is 1. The molecule has 1 amide bonds. The SMILES string of the molecule is Cc1cc(C(=O)N2C[C@H](c3ccccc3)[C@H]3CCC[C@H]32)no1. The van der Waals surface area contributed by atoms with Gasteiger partial charge in [0.25, 0.3) is 5.91 Å². The zero-order chi connectivity index (χ0) is 15.1. The molecule has 1 aliphatic heterocycles. The molecule has 0 N–H and O–H groups in total. The van der Waals surface area contributed by atoms with Gasteiger partial charge in [-0.1, -0.05) is 41.9 Å². The maximum Gasteiger partial charge on any atom is 0.276 e. The van der Waals surface area contributed by atoms with E-state index in [0.717, 1.165) is 13.0 Å². The second-order valence-corrected chi connectivity index (χ2v) is 6.46. The van der Waals surface area contributed by atoms with Crippen LogP contribution in [0.15, 0.2) is 40.9 Å². The van der Waals surface area contributed by atoms with E-state index in [-0.39, 0.29) is 5.91 Å². The monoisotopic (exact) mass is 296 g/mol. The molecule has 1 aromatic heterocycles. The summed E-state index contributed by atoms with van der Waals surface area (Å²) in [5.41, 5.74) is 1.79. The van der Waals surface area contributed by atoms with Crippen molar-refractivity contribution in [2.75, 3.05) is 6.54 Å². The fraction of sp³-hybridized carbons (Fsp3) is 0.444. The molecule has 4 nitrogen and oxygen atoms in total. The summed E-state index contributed by atoms with van der Waals surface area (Å²) < 4.78 is 5.07. The molecule has 0 radical (unpaired) electrons. The van der Waals surface area contributed by atoms with Crippen molar-refractivity contribution < 1.29 is 9.32 Å². The molecule has 2 heterocycles. The van der Waals surface area contributed by atoms with E-state index in [9.17, 15) is 4.79 Å². The topological polar surface area (TPSA) is 46.3 Å². The van der Waals surface area contributed by atoms with Gasteiger partial charge in [-0.2, -0.15) is 0 Å². The van der Waals surface area contributed by atoms with Gasteiger partial charge in [0, 0.05) is 24.6 Å². The van der Waals surface area contributed by atoms with Crippen LogP contribution in [0.25, 0.3) is 0 Å². The highest BCUT2D eigenvalue weighted by atomic mass is 16.5. The minimum atomic E-state index is 0.0205. The first-order valence-corrected chi connectivity index (χ1v) is 8.03. The number of aromatic nitrogens is 1. The number of hydrogen-bond acceptors (Lipinski definition) is 3. The minimum absolute atomic E-state index is 0.0205. The molecule has 22 heavy (non-hydrogen) atoms. The van der Waals surface area contributed by atoms with Crippen molar-refractivity contribution in [3.05, 3.63) is 53.4 Å². The van der Waals surface area contributed by atoms with E-state index in [1.165, 1.54) is 18.4 Å². The minimum Gasteiger partial charge on any atom is -0.361 e. The standard InChI is InChI=1S/C18H20N2O2/c1-12-10-16(19-22-12)18(21)20-11-15(13-6-3-2-4-7-13)14-8-5-9-17(14)20/h2-4,6-7,10,14-15,17H,5,8-9,11H2,1H3/t14-,15-,17-/m1/s1. The molecule has 1 saturated heterocycles. The number of amides is 1. The summed E-state index contributed by atoms with van der Waals surface area (Å²) in [5, 5.41) is 3.91. The third kappa shape index (κ3) is 2.14. The fourth-order valence-corrected chi connectivity index (χ4v) is 4.21. The largest absolute Gasteiger partial charge is 0.361 e. The summed E-state index contributed by atoms with van der Waals surface area (Å²) in [6.45, 7) is 2.61. The molecule has 0 spiro atoms. The number of hydrogen-bond donors (Lipinski definition) is 0. The first-order chi connectivity index (χ1) is 10.7. The van der Waals surface area contributed by atoms with Gasteiger partial charge in [0.15, 0.2) is 5.69 Å². The molecule has 1 saturated carbocycles. The van der Waals surface area contributed by atoms with Crippen LogP contribution in [0.3, 0.4) is 0 Å². The Morgan fingerprint density at radius 2 is 2.09 bits per heavy atom. The Morgan fingerprint density at radius 3 is 2.82 bits per heavy atom. The van der Waals surface area contributed by atoms with Crippen LogP contribution in [-0.2, 0) is 0 Å². The Balaban J connectivity index is 1.63. The van der Waals surface area contributed by atoms with Gasteiger partial charge in [-0.25, -0.2) is 0 Å². The third-order valence-corrected chi connectivity index (χ3v) is 5.18. The normalized spacial score (nSPS) is 27.1. The number of aryl methyl sites for hydroxylation is 1. The number of benzene rings is 1. The zero-order valence-electron chi connectivity index (χ0n) is 12.7. The highest BCUT2D eigenvalue weighted by molar-refractivity contribution is 5.92. The highest BCUT2D eigenvalue weighted by Crippen LogP contribution is 2.46. The van der Waals surface area contributed by atoms with Gasteiger partial charge in [0.05, 0.1) is 0 Å². The van der Waals surface area contributed by atoms with Gasteiger partial charge in [-0.15, -0.1) is 0 Å². The average Bonchev–Trinajstić information content (AvgIpc) is 3.23. The maximum atomic E-state index is 12.8. The molecule has 4 rings (SSSR count). The van der Waals surface area contributed by atoms with Crippen LogP contribution in [0, 0.1) is 12.8 Å². The predicted molar refractivity (Wildman–Crippen MR) is 82.6 cm³/mol. The van der Waals surface area contributed by atoms with Crippen molar-refractivity contribution >= 4 is 5.91 Å². The number of nitrogens with zero attached hydrogens (tertiary/aromatic N) is 2. The zero-order valence-corrected chi connectivity index (χ0v) is 12.7. The number of carbonyl (C=O) groups is 1. The first-order valence-electron chi connectivity index (χ1n) is 8.03. The Hall–Kier alpha value is -2.10. The summed E-state index contributed by atoms with van der Waals surface area (Å²) in [6, 6.07) is 12.7. The summed E-state index contributed by atoms with van der Waals surface area (Å²) >= 11 is 0. The van der Waals surface area contributed by atoms with Gasteiger partial charge in [-0.3, -0.25) is 4.79 Å². The predicted octanol–water partition coefficient (Wildman–Crippen LogP) is 3.39. The Bertz CT molecular complexity index is 679. The maximum absolute atomic E-state index is 12.8. The molecule has 0 unspecified atom stereocenters. The van der Waals surface area contributed by atoms with Crippen LogP contribution in [0.5, 0.6) is 0 Å². The van der Waals surface area contributed by atoms with E-state index in [4.69, 9.17) is 4.52 Å². The molecule has 2 aliphatic rings. The Morgan fingerprint density at radius 1 is 1.27 bits per heavy atom. The van der Waals surface area contributed by atoms with E-state index in [2.05, 4.69) is 29.4 Å². The fourth-order valence-electron chi connectivity index (χ4n) is 4.21. The van der Waals surface area contributed by atoms with Crippen LogP contribution < -0.4 is 0 Å². The second kappa shape index (κ2) is 5.27. The number of rotatable bonds is 2. The van der Waals surface area contributed by atoms with Crippen molar-refractivity contribution in [3.63, 3.8) is 0 Å². The third-order valence-electron chi connectivity index (χ3n) is 5.18. The lowest BCUT2D eigenvalue weighted by Crippen LogP contribution is -2.36. The molecule has 3 atom stereocenters. The molecule has 2 aromatic rings. The molecular weight excluding hydrogens is 276 g/mol. The Kier molecular flexibility index (Phi) is 3.25. The Labute approximate surface area is 130 Å². The van der Waals surface area contributed by atoms with E-state index in [1.807, 2.05) is 17.9 Å². The van der Waals surface area contributed by atoms with E-state index in [0.29, 0.717) is 29.3 Å². The number of carbonyl (C=O) groups excluding carboxylic acids is 1. The summed E-state index contributed by atoms with van der Waals surface area (Å²) in [7, 11) is 0. The molecule has 114 valence electrons. The van der Waals surface area contributed by atoms with E-state index in [1.54, 1.807) is 6.07 Å². The summed E-state index contributed by atoms with van der Waals surface area (Å²) in [4.78, 5) is 14.8. The van der Waals surface area contributed by atoms with E-state index >= 15 is 0 Å². The summed E-state index contributed by atoms with van der Waals surface area (Å²) in [5.74, 6) is 1.74. The van der Waals surface area contributed by atoms with Crippen LogP contribution in [0.1, 0.15) is 47.0 Å². The van der Waals surface area contributed by atoms with Gasteiger partial charge in [-0.05, 0) is 31.2 Å². The lowest BCUT2D eigenvalue weighted by molar-refractivity contribution is 0.0717. The van der Waals surface area contributed by atoms with Crippen LogP contribution >= 0.6 is 0 Å². The van der Waals surface area contributed by atoms with Crippen molar-refractivity contribution in [2.45, 2.75) is 38.1 Å². The quantitative estimate of drug-likeness (QED) is 0.853. The molecule has 4 heteroatoms. The van der Waals surface area contributed by atoms with Gasteiger partial charge in [0.1, 0.15) is 5.76 Å². The summed E-state index contributed by atoms with van der Waals surface area (Å²) in [6.07, 6.45) is 3.53. The average molecular weight is 296 g/mol. The smallest absolute Gasteiger partial charge is 0.276 e. The van der Waals surface area contributed by atoms with Gasteiger partial charge in [0.2, 0.25) is 0 Å². The highest BCUT2D eigenvalue weighted by Gasteiger charge is 2.47. The second-order valence-electron chi connectivity index (χ2n) is 6.46. The molecule has 1 aliphatic carbocycles. The van der Waals surface area contributed by atoms with Gasteiger partial charge < -0.3 is 9.42 Å². The van der Waals surface area contributed by atoms with Crippen molar-refractivity contribution in [1.29, 1.82) is 0 Å². The van der Waals surface area contributed by atoms with E-state index < -0.39 is 0 Å². The molecular formula is C18H20N2O2. The molecule has 2 fully saturated rings. The van der Waals surface area contributed by atoms with Crippen molar-refractivity contribution in [1.82, 2.24) is 10.1 Å². The van der Waals surface area contributed by atoms with Crippen LogP contribution in [-0.4, -0.2) is 28.6 Å². The van der Waals surface area contributed by atoms with Crippen molar-refractivity contribution in [3.8, 4) is 0 Å². The lowest BCUT2D eigenvalue weighted by Gasteiger charge is -2.22. The van der Waals surface area contributed by atoms with Crippen LogP contribution in [0.4, 0.5) is 0 Å². The first kappa shape index (κ1) is 13.6. The molecule has 0 bridgehead atoms. The lowest BCUT2D eigenvalue weighted by atomic mass is 9.87. The number of likely N-dealkylation sites (tertiary alicyclic amines) is 1. The molecule has 1 aromatic carbocycles. The van der Waals surface area contributed by atoms with Crippen LogP contribution in [0.2, 0.25) is 0 Å². The van der Waals surface area contributed by atoms with Crippen molar-refractivity contribution in [2.24, 2.45) is 5.92 Å². The van der Waals surface area contributed by atoms with Gasteiger partial charge >= 0.3 is 0 Å².